The maximum absolute atomic E-state index is 6.02. The molecule has 0 bridgehead atoms. The van der Waals surface area contributed by atoms with E-state index in [1.54, 1.807) is 0 Å². The highest BCUT2D eigenvalue weighted by molar-refractivity contribution is 9.10. The zero-order chi connectivity index (χ0) is 11.4. The van der Waals surface area contributed by atoms with E-state index in [9.17, 15) is 0 Å². The number of ether oxygens (including phenoxy) is 1. The minimum Gasteiger partial charge on any atom is -0.494 e. The summed E-state index contributed by atoms with van der Waals surface area (Å²) in [6, 6.07) is 8.34. The first-order valence-corrected chi connectivity index (χ1v) is 6.69. The van der Waals surface area contributed by atoms with Crippen LogP contribution in [0.15, 0.2) is 28.7 Å². The Kier molecular flexibility index (Phi) is 4.24. The molecule has 0 radical (unpaired) electrons. The fraction of sp³-hybridized carbons (Fsp3) is 0.538. The van der Waals surface area contributed by atoms with Crippen molar-refractivity contribution >= 4 is 15.9 Å². The molecule has 0 aliphatic heterocycles. The molecule has 0 aromatic heterocycles. The normalized spacial score (nSPS) is 17.1. The second kappa shape index (κ2) is 5.69. The Morgan fingerprint density at radius 3 is 2.94 bits per heavy atom. The highest BCUT2D eigenvalue weighted by Crippen LogP contribution is 2.33. The van der Waals surface area contributed by atoms with Crippen LogP contribution >= 0.6 is 15.9 Å². The van der Waals surface area contributed by atoms with Gasteiger partial charge in [-0.3, -0.25) is 0 Å². The van der Waals surface area contributed by atoms with Gasteiger partial charge >= 0.3 is 0 Å². The molecule has 0 saturated heterocycles. The first-order valence-electron chi connectivity index (χ1n) is 5.89. The summed E-state index contributed by atoms with van der Waals surface area (Å²) in [4.78, 5) is 0. The lowest BCUT2D eigenvalue weighted by Gasteiger charge is -2.10. The zero-order valence-electron chi connectivity index (χ0n) is 9.36. The lowest BCUT2D eigenvalue weighted by molar-refractivity contribution is 0.298. The number of hydrogen-bond acceptors (Lipinski definition) is 2. The third-order valence-corrected chi connectivity index (χ3v) is 3.47. The van der Waals surface area contributed by atoms with Gasteiger partial charge in [-0.1, -0.05) is 22.0 Å². The van der Waals surface area contributed by atoms with Crippen LogP contribution in [0.1, 0.15) is 25.7 Å². The minimum atomic E-state index is 0.395. The van der Waals surface area contributed by atoms with Crippen molar-refractivity contribution in [2.75, 3.05) is 6.61 Å². The fourth-order valence-electron chi connectivity index (χ4n) is 1.83. The predicted octanol–water partition coefficient (Wildman–Crippen LogP) is 3.35. The van der Waals surface area contributed by atoms with Crippen molar-refractivity contribution in [1.29, 1.82) is 0 Å². The smallest absolute Gasteiger partial charge is 0.120 e. The molecule has 88 valence electrons. The van der Waals surface area contributed by atoms with Crippen molar-refractivity contribution in [3.8, 4) is 5.75 Å². The summed E-state index contributed by atoms with van der Waals surface area (Å²) in [5, 5.41) is 0. The largest absolute Gasteiger partial charge is 0.494 e. The van der Waals surface area contributed by atoms with E-state index in [2.05, 4.69) is 15.9 Å². The second-order valence-electron chi connectivity index (χ2n) is 4.45. The standard InChI is InChI=1S/C13H18BrNO/c14-11-3-1-4-12(9-11)16-8-2-5-13(15)10-6-7-10/h1,3-4,9-10,13H,2,5-8,15H2. The summed E-state index contributed by atoms with van der Waals surface area (Å²) < 4.78 is 6.71. The average Bonchev–Trinajstić information content (AvgIpc) is 3.08. The number of nitrogens with two attached hydrogens (primary N) is 1. The Morgan fingerprint density at radius 1 is 1.44 bits per heavy atom. The minimum absolute atomic E-state index is 0.395. The van der Waals surface area contributed by atoms with E-state index in [0.717, 1.165) is 35.6 Å². The van der Waals surface area contributed by atoms with Gasteiger partial charge < -0.3 is 10.5 Å². The lowest BCUT2D eigenvalue weighted by atomic mass is 10.1. The number of halogens is 1. The zero-order valence-corrected chi connectivity index (χ0v) is 10.9. The third kappa shape index (κ3) is 3.80. The van der Waals surface area contributed by atoms with Crippen LogP contribution in [0.5, 0.6) is 5.75 Å². The van der Waals surface area contributed by atoms with Crippen molar-refractivity contribution < 1.29 is 4.74 Å². The summed E-state index contributed by atoms with van der Waals surface area (Å²) in [6.07, 6.45) is 4.78. The molecule has 1 unspecified atom stereocenters. The van der Waals surface area contributed by atoms with Crippen molar-refractivity contribution in [3.63, 3.8) is 0 Å². The van der Waals surface area contributed by atoms with E-state index in [1.807, 2.05) is 24.3 Å². The second-order valence-corrected chi connectivity index (χ2v) is 5.37. The lowest BCUT2D eigenvalue weighted by Crippen LogP contribution is -2.22. The van der Waals surface area contributed by atoms with E-state index < -0.39 is 0 Å². The SMILES string of the molecule is NC(CCCOc1cccc(Br)c1)C1CC1. The van der Waals surface area contributed by atoms with Crippen LogP contribution in [0.4, 0.5) is 0 Å². The van der Waals surface area contributed by atoms with Gasteiger partial charge in [0.2, 0.25) is 0 Å². The highest BCUT2D eigenvalue weighted by Gasteiger charge is 2.27. The number of benzene rings is 1. The van der Waals surface area contributed by atoms with E-state index in [1.165, 1.54) is 12.8 Å². The topological polar surface area (TPSA) is 35.2 Å². The first kappa shape index (κ1) is 11.9. The number of hydrogen-bond donors (Lipinski definition) is 1. The molecule has 16 heavy (non-hydrogen) atoms. The van der Waals surface area contributed by atoms with Crippen LogP contribution in [0.2, 0.25) is 0 Å². The van der Waals surface area contributed by atoms with Crippen molar-refractivity contribution in [3.05, 3.63) is 28.7 Å². The van der Waals surface area contributed by atoms with Gasteiger partial charge in [-0.25, -0.2) is 0 Å². The van der Waals surface area contributed by atoms with Gasteiger partial charge in [0, 0.05) is 10.5 Å². The Bertz CT molecular complexity index is 338. The van der Waals surface area contributed by atoms with Crippen molar-refractivity contribution in [1.82, 2.24) is 0 Å². The summed E-state index contributed by atoms with van der Waals surface area (Å²) in [6.45, 7) is 0.761. The van der Waals surface area contributed by atoms with Crippen molar-refractivity contribution in [2.24, 2.45) is 11.7 Å². The number of rotatable bonds is 6. The maximum Gasteiger partial charge on any atom is 0.120 e. The van der Waals surface area contributed by atoms with Gasteiger partial charge in [0.15, 0.2) is 0 Å². The van der Waals surface area contributed by atoms with Crippen LogP contribution in [0, 0.1) is 5.92 Å². The molecule has 1 atom stereocenters. The van der Waals surface area contributed by atoms with Crippen LogP contribution in [-0.4, -0.2) is 12.6 Å². The Hall–Kier alpha value is -0.540. The van der Waals surface area contributed by atoms with Crippen molar-refractivity contribution in [2.45, 2.75) is 31.7 Å². The van der Waals surface area contributed by atoms with Gasteiger partial charge in [0.25, 0.3) is 0 Å². The molecule has 0 spiro atoms. The van der Waals surface area contributed by atoms with Gasteiger partial charge in [-0.05, 0) is 49.8 Å². The summed E-state index contributed by atoms with van der Waals surface area (Å²) in [5.74, 6) is 1.72. The molecule has 1 aromatic rings. The molecule has 0 heterocycles. The van der Waals surface area contributed by atoms with Crippen LogP contribution < -0.4 is 10.5 Å². The summed E-state index contributed by atoms with van der Waals surface area (Å²) in [7, 11) is 0. The Labute approximate surface area is 105 Å². The molecule has 2 rings (SSSR count). The van der Waals surface area contributed by atoms with E-state index in [0.29, 0.717) is 6.04 Å². The molecule has 1 fully saturated rings. The average molecular weight is 284 g/mol. The molecule has 1 aliphatic rings. The molecule has 2 nitrogen and oxygen atoms in total. The molecule has 1 aromatic carbocycles. The Balaban J connectivity index is 1.63. The maximum atomic E-state index is 6.02. The van der Waals surface area contributed by atoms with Gasteiger partial charge in [0.05, 0.1) is 6.61 Å². The van der Waals surface area contributed by atoms with Crippen LogP contribution in [0.25, 0.3) is 0 Å². The molecule has 2 N–H and O–H groups in total. The molecule has 3 heteroatoms. The van der Waals surface area contributed by atoms with E-state index >= 15 is 0 Å². The van der Waals surface area contributed by atoms with Gasteiger partial charge in [0.1, 0.15) is 5.75 Å². The van der Waals surface area contributed by atoms with E-state index in [4.69, 9.17) is 10.5 Å². The van der Waals surface area contributed by atoms with Gasteiger partial charge in [-0.15, -0.1) is 0 Å². The van der Waals surface area contributed by atoms with Crippen LogP contribution in [0.3, 0.4) is 0 Å². The molecular weight excluding hydrogens is 266 g/mol. The van der Waals surface area contributed by atoms with Crippen LogP contribution in [-0.2, 0) is 0 Å². The van der Waals surface area contributed by atoms with E-state index in [-0.39, 0.29) is 0 Å². The highest BCUT2D eigenvalue weighted by atomic mass is 79.9. The molecule has 1 aliphatic carbocycles. The quantitative estimate of drug-likeness (QED) is 0.813. The molecule has 0 amide bonds. The summed E-state index contributed by atoms with van der Waals surface area (Å²) in [5.41, 5.74) is 6.02. The van der Waals surface area contributed by atoms with Gasteiger partial charge in [-0.2, -0.15) is 0 Å². The predicted molar refractivity (Wildman–Crippen MR) is 69.6 cm³/mol. The monoisotopic (exact) mass is 283 g/mol. The third-order valence-electron chi connectivity index (χ3n) is 2.97. The first-order chi connectivity index (χ1) is 7.75. The molecule has 1 saturated carbocycles. The summed E-state index contributed by atoms with van der Waals surface area (Å²) >= 11 is 3.42. The molecular formula is C13H18BrNO. The Morgan fingerprint density at radius 2 is 2.25 bits per heavy atom. The fourth-order valence-corrected chi connectivity index (χ4v) is 2.20.